The number of nitrogens with one attached hydrogen (secondary N) is 2. The monoisotopic (exact) mass is 306 g/mol. The van der Waals surface area contributed by atoms with Crippen LogP contribution in [0.2, 0.25) is 0 Å². The van der Waals surface area contributed by atoms with Crippen LogP contribution in [0.3, 0.4) is 0 Å². The number of carbonyl (C=O) groups excluding carboxylic acids is 3. The van der Waals surface area contributed by atoms with E-state index < -0.39 is 17.9 Å². The van der Waals surface area contributed by atoms with Gasteiger partial charge in [-0.05, 0) is 31.5 Å². The van der Waals surface area contributed by atoms with Crippen molar-refractivity contribution in [3.05, 3.63) is 29.8 Å². The van der Waals surface area contributed by atoms with Crippen molar-refractivity contribution in [2.75, 3.05) is 5.32 Å². The molecule has 1 rings (SSSR count). The molecule has 0 radical (unpaired) electrons. The summed E-state index contributed by atoms with van der Waals surface area (Å²) in [5.74, 6) is -2.20. The smallest absolute Gasteiger partial charge is 0.326 e. The number of rotatable bonds is 7. The highest BCUT2D eigenvalue weighted by Gasteiger charge is 2.21. The van der Waals surface area contributed by atoms with Crippen molar-refractivity contribution >= 4 is 29.3 Å². The number of carboxylic acid groups (broad SMARTS) is 1. The molecule has 118 valence electrons. The van der Waals surface area contributed by atoms with E-state index in [9.17, 15) is 19.2 Å². The van der Waals surface area contributed by atoms with Gasteiger partial charge in [0.1, 0.15) is 11.8 Å². The van der Waals surface area contributed by atoms with Gasteiger partial charge < -0.3 is 20.5 Å². The maximum Gasteiger partial charge on any atom is 0.326 e. The largest absolute Gasteiger partial charge is 0.480 e. The van der Waals surface area contributed by atoms with Crippen molar-refractivity contribution in [3.8, 4) is 0 Å². The van der Waals surface area contributed by atoms with Crippen LogP contribution in [0.15, 0.2) is 24.3 Å². The number of Topliss-reactive ketones (excluding diaryl/α,β-unsaturated/α-hetero) is 1. The Morgan fingerprint density at radius 2 is 1.86 bits per heavy atom. The Kier molecular flexibility index (Phi) is 6.25. The first-order valence-corrected chi connectivity index (χ1v) is 6.70. The molecule has 0 saturated carbocycles. The first-order chi connectivity index (χ1) is 10.3. The zero-order chi connectivity index (χ0) is 16.7. The molecule has 0 heterocycles. The number of amides is 2. The Bertz CT molecular complexity index is 597. The molecule has 1 aromatic carbocycles. The third-order valence-corrected chi connectivity index (χ3v) is 2.83. The second-order valence-corrected chi connectivity index (χ2v) is 4.87. The van der Waals surface area contributed by atoms with Gasteiger partial charge in [-0.3, -0.25) is 9.59 Å². The van der Waals surface area contributed by atoms with Crippen LogP contribution in [0.5, 0.6) is 0 Å². The summed E-state index contributed by atoms with van der Waals surface area (Å²) in [6, 6.07) is 5.00. The van der Waals surface area contributed by atoms with Crippen molar-refractivity contribution in [2.45, 2.75) is 32.7 Å². The fourth-order valence-electron chi connectivity index (χ4n) is 1.79. The molecule has 7 nitrogen and oxygen atoms in total. The molecule has 0 aliphatic carbocycles. The lowest BCUT2D eigenvalue weighted by atomic mass is 10.1. The van der Waals surface area contributed by atoms with Gasteiger partial charge in [0.15, 0.2) is 0 Å². The number of carbonyl (C=O) groups is 4. The lowest BCUT2D eigenvalue weighted by Crippen LogP contribution is -2.41. The van der Waals surface area contributed by atoms with Crippen molar-refractivity contribution < 1.29 is 24.3 Å². The van der Waals surface area contributed by atoms with E-state index >= 15 is 0 Å². The van der Waals surface area contributed by atoms with Crippen LogP contribution in [-0.2, 0) is 14.4 Å². The number of carboxylic acids is 1. The lowest BCUT2D eigenvalue weighted by Gasteiger charge is -2.14. The van der Waals surface area contributed by atoms with Crippen LogP contribution >= 0.6 is 0 Å². The van der Waals surface area contributed by atoms with E-state index in [1.54, 1.807) is 12.1 Å². The van der Waals surface area contributed by atoms with Gasteiger partial charge in [-0.15, -0.1) is 0 Å². The highest BCUT2D eigenvalue weighted by molar-refractivity contribution is 5.98. The average molecular weight is 306 g/mol. The first-order valence-electron chi connectivity index (χ1n) is 6.70. The summed E-state index contributed by atoms with van der Waals surface area (Å²) in [7, 11) is 0. The molecular formula is C15H18N2O5. The van der Waals surface area contributed by atoms with Crippen molar-refractivity contribution in [1.82, 2.24) is 5.32 Å². The standard InChI is InChI=1S/C15H18N2O5/c1-9(18)6-7-13(15(21)22)17-14(20)11-4-3-5-12(8-11)16-10(2)19/h3-5,8,13H,6-7H2,1-2H3,(H,16,19)(H,17,20)(H,21,22)/t13-/m0/s1. The minimum atomic E-state index is -1.20. The van der Waals surface area contributed by atoms with E-state index in [0.717, 1.165) is 0 Å². The van der Waals surface area contributed by atoms with Crippen LogP contribution in [-0.4, -0.2) is 34.7 Å². The summed E-state index contributed by atoms with van der Waals surface area (Å²) in [6.07, 6.45) is 0.102. The molecule has 22 heavy (non-hydrogen) atoms. The Hall–Kier alpha value is -2.70. The SMILES string of the molecule is CC(=O)CC[C@H](NC(=O)c1cccc(NC(C)=O)c1)C(=O)O. The molecule has 0 bridgehead atoms. The average Bonchev–Trinajstić information content (AvgIpc) is 2.42. The summed E-state index contributed by atoms with van der Waals surface area (Å²) in [5, 5.41) is 14.0. The van der Waals surface area contributed by atoms with Crippen LogP contribution in [0.4, 0.5) is 5.69 Å². The molecule has 0 fully saturated rings. The van der Waals surface area contributed by atoms with Gasteiger partial charge >= 0.3 is 5.97 Å². The van der Waals surface area contributed by atoms with Crippen molar-refractivity contribution in [3.63, 3.8) is 0 Å². The van der Waals surface area contributed by atoms with Gasteiger partial charge in [0, 0.05) is 24.6 Å². The molecule has 0 aliphatic rings. The summed E-state index contributed by atoms with van der Waals surface area (Å²) < 4.78 is 0. The van der Waals surface area contributed by atoms with Gasteiger partial charge in [-0.1, -0.05) is 6.07 Å². The Morgan fingerprint density at radius 1 is 1.18 bits per heavy atom. The number of anilines is 1. The first kappa shape index (κ1) is 17.4. The minimum Gasteiger partial charge on any atom is -0.480 e. The minimum absolute atomic E-state index is 0.0296. The molecule has 0 saturated heterocycles. The van der Waals surface area contributed by atoms with Gasteiger partial charge in [0.05, 0.1) is 0 Å². The van der Waals surface area contributed by atoms with Gasteiger partial charge in [-0.25, -0.2) is 4.79 Å². The fraction of sp³-hybridized carbons (Fsp3) is 0.333. The Morgan fingerprint density at radius 3 is 2.41 bits per heavy atom. The predicted octanol–water partition coefficient (Wildman–Crippen LogP) is 1.20. The molecule has 7 heteroatoms. The van der Waals surface area contributed by atoms with E-state index in [0.29, 0.717) is 5.69 Å². The number of aliphatic carboxylic acids is 1. The zero-order valence-corrected chi connectivity index (χ0v) is 12.4. The second kappa shape index (κ2) is 7.92. The molecule has 0 aromatic heterocycles. The van der Waals surface area contributed by atoms with E-state index in [1.807, 2.05) is 0 Å². The number of ketones is 1. The molecule has 2 amide bonds. The third-order valence-electron chi connectivity index (χ3n) is 2.83. The van der Waals surface area contributed by atoms with Crippen molar-refractivity contribution in [1.29, 1.82) is 0 Å². The summed E-state index contributed by atoms with van der Waals surface area (Å²) in [4.78, 5) is 45.1. The summed E-state index contributed by atoms with van der Waals surface area (Å²) in [6.45, 7) is 2.70. The molecule has 0 aliphatic heterocycles. The van der Waals surface area contributed by atoms with E-state index in [-0.39, 0.29) is 30.1 Å². The maximum atomic E-state index is 12.1. The van der Waals surface area contributed by atoms with Crippen LogP contribution in [0.25, 0.3) is 0 Å². The van der Waals surface area contributed by atoms with Crippen LogP contribution in [0.1, 0.15) is 37.0 Å². The van der Waals surface area contributed by atoms with Gasteiger partial charge in [0.25, 0.3) is 5.91 Å². The zero-order valence-electron chi connectivity index (χ0n) is 12.4. The van der Waals surface area contributed by atoms with E-state index in [1.165, 1.54) is 26.0 Å². The third kappa shape index (κ3) is 5.74. The Balaban J connectivity index is 2.79. The molecule has 1 aromatic rings. The lowest BCUT2D eigenvalue weighted by molar-refractivity contribution is -0.139. The predicted molar refractivity (Wildman–Crippen MR) is 79.6 cm³/mol. The van der Waals surface area contributed by atoms with Crippen LogP contribution in [0, 0.1) is 0 Å². The second-order valence-electron chi connectivity index (χ2n) is 4.87. The molecular weight excluding hydrogens is 288 g/mol. The summed E-state index contributed by atoms with van der Waals surface area (Å²) in [5.41, 5.74) is 0.663. The molecule has 1 atom stereocenters. The van der Waals surface area contributed by atoms with E-state index in [4.69, 9.17) is 5.11 Å². The molecule has 0 unspecified atom stereocenters. The number of hydrogen-bond donors (Lipinski definition) is 3. The Labute approximate surface area is 127 Å². The van der Waals surface area contributed by atoms with E-state index in [2.05, 4.69) is 10.6 Å². The normalized spacial score (nSPS) is 11.4. The highest BCUT2D eigenvalue weighted by Crippen LogP contribution is 2.11. The topological polar surface area (TPSA) is 113 Å². The number of benzene rings is 1. The van der Waals surface area contributed by atoms with Gasteiger partial charge in [0.2, 0.25) is 5.91 Å². The highest BCUT2D eigenvalue weighted by atomic mass is 16.4. The quantitative estimate of drug-likeness (QED) is 0.700. The number of hydrogen-bond acceptors (Lipinski definition) is 4. The van der Waals surface area contributed by atoms with Crippen LogP contribution < -0.4 is 10.6 Å². The molecule has 0 spiro atoms. The fourth-order valence-corrected chi connectivity index (χ4v) is 1.79. The molecule has 3 N–H and O–H groups in total. The van der Waals surface area contributed by atoms with Crippen molar-refractivity contribution in [2.24, 2.45) is 0 Å². The summed E-state index contributed by atoms with van der Waals surface area (Å²) >= 11 is 0. The van der Waals surface area contributed by atoms with Gasteiger partial charge in [-0.2, -0.15) is 0 Å². The maximum absolute atomic E-state index is 12.1.